The molecule has 0 N–H and O–H groups in total. The van der Waals surface area contributed by atoms with Crippen LogP contribution in [0, 0.1) is 6.92 Å². The molecule has 1 aromatic heterocycles. The molecule has 0 amide bonds. The van der Waals surface area contributed by atoms with Crippen LogP contribution in [0.5, 0.6) is 0 Å². The fourth-order valence-corrected chi connectivity index (χ4v) is 3.05. The molecule has 0 atom stereocenters. The Morgan fingerprint density at radius 1 is 1.00 bits per heavy atom. The predicted molar refractivity (Wildman–Crippen MR) is 93.7 cm³/mol. The smallest absolute Gasteiger partial charge is 0.0739 e. The highest BCUT2D eigenvalue weighted by molar-refractivity contribution is 9.10. The van der Waals surface area contributed by atoms with E-state index in [-0.39, 0.29) is 0 Å². The summed E-state index contributed by atoms with van der Waals surface area (Å²) in [7, 11) is 0. The third-order valence-electron chi connectivity index (χ3n) is 4.12. The zero-order valence-electron chi connectivity index (χ0n) is 14.3. The van der Waals surface area contributed by atoms with Gasteiger partial charge < -0.3 is 4.90 Å². The van der Waals surface area contributed by atoms with Crippen LogP contribution in [0.2, 0.25) is 0 Å². The van der Waals surface area contributed by atoms with Crippen molar-refractivity contribution in [3.05, 3.63) is 15.9 Å². The van der Waals surface area contributed by atoms with E-state index in [9.17, 15) is 0 Å². The number of rotatable bonds is 10. The summed E-state index contributed by atoms with van der Waals surface area (Å²) >= 11 is 3.70. The maximum atomic E-state index is 4.59. The van der Waals surface area contributed by atoms with Crippen LogP contribution < -0.4 is 0 Å². The molecule has 0 unspecified atom stereocenters. The molecule has 21 heavy (non-hydrogen) atoms. The van der Waals surface area contributed by atoms with Crippen LogP contribution in [0.25, 0.3) is 0 Å². The van der Waals surface area contributed by atoms with Crippen LogP contribution in [0.4, 0.5) is 0 Å². The highest BCUT2D eigenvalue weighted by atomic mass is 79.9. The van der Waals surface area contributed by atoms with Crippen LogP contribution in [-0.2, 0) is 13.1 Å². The summed E-state index contributed by atoms with van der Waals surface area (Å²) in [6, 6.07) is 0. The molecular formula is C16H31BrN4. The first-order chi connectivity index (χ1) is 10.1. The van der Waals surface area contributed by atoms with E-state index in [2.05, 4.69) is 70.1 Å². The molecule has 1 heterocycles. The van der Waals surface area contributed by atoms with Gasteiger partial charge in [-0.1, -0.05) is 20.8 Å². The molecule has 5 heteroatoms. The second kappa shape index (κ2) is 9.59. The second-order valence-electron chi connectivity index (χ2n) is 5.41. The van der Waals surface area contributed by atoms with E-state index in [4.69, 9.17) is 0 Å². The fourth-order valence-electron chi connectivity index (χ4n) is 2.64. The minimum Gasteiger partial charge on any atom is -0.304 e. The van der Waals surface area contributed by atoms with Crippen molar-refractivity contribution < 1.29 is 0 Å². The van der Waals surface area contributed by atoms with Gasteiger partial charge in [0.2, 0.25) is 0 Å². The van der Waals surface area contributed by atoms with Crippen molar-refractivity contribution in [2.75, 3.05) is 32.7 Å². The van der Waals surface area contributed by atoms with Gasteiger partial charge in [0.05, 0.1) is 15.9 Å². The van der Waals surface area contributed by atoms with E-state index < -0.39 is 0 Å². The summed E-state index contributed by atoms with van der Waals surface area (Å²) < 4.78 is 3.29. The summed E-state index contributed by atoms with van der Waals surface area (Å²) in [5, 5.41) is 4.59. The standard InChI is InChI=1S/C16H31BrN4/c1-6-19(7-2)11-10-12-20(8-3)13-15-16(17)14(5)18-21(15)9-4/h6-13H2,1-5H3. The number of aryl methyl sites for hydroxylation is 2. The molecule has 0 fully saturated rings. The Hall–Kier alpha value is -0.390. The third-order valence-corrected chi connectivity index (χ3v) is 5.15. The van der Waals surface area contributed by atoms with Gasteiger partial charge in [0, 0.05) is 13.1 Å². The van der Waals surface area contributed by atoms with Crippen molar-refractivity contribution in [2.45, 2.75) is 54.1 Å². The average Bonchev–Trinajstić information content (AvgIpc) is 2.77. The van der Waals surface area contributed by atoms with Crippen molar-refractivity contribution in [2.24, 2.45) is 0 Å². The van der Waals surface area contributed by atoms with Gasteiger partial charge in [-0.2, -0.15) is 5.10 Å². The van der Waals surface area contributed by atoms with E-state index in [0.29, 0.717) is 0 Å². The maximum Gasteiger partial charge on any atom is 0.0739 e. The van der Waals surface area contributed by atoms with Crippen molar-refractivity contribution >= 4 is 15.9 Å². The van der Waals surface area contributed by atoms with Crippen LogP contribution in [0.15, 0.2) is 4.47 Å². The van der Waals surface area contributed by atoms with Gasteiger partial charge in [-0.3, -0.25) is 9.58 Å². The number of hydrogen-bond donors (Lipinski definition) is 0. The molecule has 1 aromatic rings. The first-order valence-electron chi connectivity index (χ1n) is 8.23. The lowest BCUT2D eigenvalue weighted by molar-refractivity contribution is 0.233. The van der Waals surface area contributed by atoms with Gasteiger partial charge in [0.1, 0.15) is 0 Å². The lowest BCUT2D eigenvalue weighted by Gasteiger charge is -2.23. The number of halogens is 1. The SMILES string of the molecule is CCN(CC)CCCN(CC)Cc1c(Br)c(C)nn1CC. The molecule has 122 valence electrons. The van der Waals surface area contributed by atoms with Crippen LogP contribution >= 0.6 is 15.9 Å². The zero-order chi connectivity index (χ0) is 15.8. The summed E-state index contributed by atoms with van der Waals surface area (Å²) in [6.07, 6.45) is 1.23. The summed E-state index contributed by atoms with van der Waals surface area (Å²) in [5.41, 5.74) is 2.39. The summed E-state index contributed by atoms with van der Waals surface area (Å²) in [4.78, 5) is 5.00. The Morgan fingerprint density at radius 2 is 1.57 bits per heavy atom. The minimum atomic E-state index is 0.929. The third kappa shape index (κ3) is 5.38. The topological polar surface area (TPSA) is 24.3 Å². The van der Waals surface area contributed by atoms with E-state index in [1.165, 1.54) is 23.1 Å². The fraction of sp³-hybridized carbons (Fsp3) is 0.812. The largest absolute Gasteiger partial charge is 0.304 e. The van der Waals surface area contributed by atoms with Crippen molar-refractivity contribution in [3.8, 4) is 0 Å². The summed E-state index contributed by atoms with van der Waals surface area (Å²) in [6.45, 7) is 18.6. The van der Waals surface area contributed by atoms with E-state index >= 15 is 0 Å². The van der Waals surface area contributed by atoms with Gasteiger partial charge in [0.25, 0.3) is 0 Å². The van der Waals surface area contributed by atoms with Gasteiger partial charge in [-0.05, 0) is 68.9 Å². The van der Waals surface area contributed by atoms with Crippen LogP contribution in [0.1, 0.15) is 45.5 Å². The normalized spacial score (nSPS) is 11.8. The molecule has 0 saturated heterocycles. The lowest BCUT2D eigenvalue weighted by atomic mass is 10.3. The summed E-state index contributed by atoms with van der Waals surface area (Å²) in [5.74, 6) is 0. The highest BCUT2D eigenvalue weighted by Crippen LogP contribution is 2.22. The van der Waals surface area contributed by atoms with E-state index in [1.54, 1.807) is 0 Å². The molecule has 0 aliphatic carbocycles. The maximum absolute atomic E-state index is 4.59. The van der Waals surface area contributed by atoms with Gasteiger partial charge in [-0.15, -0.1) is 0 Å². The Labute approximate surface area is 138 Å². The van der Waals surface area contributed by atoms with E-state index in [1.807, 2.05) is 0 Å². The van der Waals surface area contributed by atoms with Crippen LogP contribution in [-0.4, -0.2) is 52.3 Å². The highest BCUT2D eigenvalue weighted by Gasteiger charge is 2.15. The monoisotopic (exact) mass is 358 g/mol. The van der Waals surface area contributed by atoms with Gasteiger partial charge in [-0.25, -0.2) is 0 Å². The Morgan fingerprint density at radius 3 is 2.10 bits per heavy atom. The molecule has 0 radical (unpaired) electrons. The van der Waals surface area contributed by atoms with Gasteiger partial charge in [0.15, 0.2) is 0 Å². The van der Waals surface area contributed by atoms with Crippen molar-refractivity contribution in [1.82, 2.24) is 19.6 Å². The average molecular weight is 359 g/mol. The molecular weight excluding hydrogens is 328 g/mol. The van der Waals surface area contributed by atoms with Crippen molar-refractivity contribution in [1.29, 1.82) is 0 Å². The lowest BCUT2D eigenvalue weighted by Crippen LogP contribution is -2.30. The zero-order valence-corrected chi connectivity index (χ0v) is 15.9. The van der Waals surface area contributed by atoms with Crippen molar-refractivity contribution in [3.63, 3.8) is 0 Å². The molecule has 1 rings (SSSR count). The Bertz CT molecular complexity index is 413. The molecule has 0 aromatic carbocycles. The predicted octanol–water partition coefficient (Wildman–Crippen LogP) is 3.53. The number of nitrogens with zero attached hydrogens (tertiary/aromatic N) is 4. The molecule has 0 aliphatic rings. The molecule has 0 bridgehead atoms. The first kappa shape index (κ1) is 18.7. The first-order valence-corrected chi connectivity index (χ1v) is 9.02. The van der Waals surface area contributed by atoms with Gasteiger partial charge >= 0.3 is 0 Å². The Balaban J connectivity index is 2.58. The van der Waals surface area contributed by atoms with Crippen LogP contribution in [0.3, 0.4) is 0 Å². The molecule has 4 nitrogen and oxygen atoms in total. The molecule has 0 spiro atoms. The minimum absolute atomic E-state index is 0.929. The van der Waals surface area contributed by atoms with E-state index in [0.717, 1.165) is 45.0 Å². The second-order valence-corrected chi connectivity index (χ2v) is 6.20. The number of aromatic nitrogens is 2. The Kier molecular flexibility index (Phi) is 8.52. The molecule has 0 aliphatic heterocycles. The quantitative estimate of drug-likeness (QED) is 0.639. The number of hydrogen-bond acceptors (Lipinski definition) is 3. The molecule has 0 saturated carbocycles.